The van der Waals surface area contributed by atoms with Gasteiger partial charge < -0.3 is 9.64 Å². The Kier molecular flexibility index (Phi) is 5.39. The summed E-state index contributed by atoms with van der Waals surface area (Å²) in [5.41, 5.74) is 0.676. The minimum absolute atomic E-state index is 0.00426. The van der Waals surface area contributed by atoms with Crippen molar-refractivity contribution >= 4 is 34.5 Å². The van der Waals surface area contributed by atoms with Gasteiger partial charge in [0.05, 0.1) is 12.5 Å². The Balaban J connectivity index is 2.03. The fourth-order valence-electron chi connectivity index (χ4n) is 2.39. The summed E-state index contributed by atoms with van der Waals surface area (Å²) in [7, 11) is 0. The predicted molar refractivity (Wildman–Crippen MR) is 84.4 cm³/mol. The third-order valence-corrected chi connectivity index (χ3v) is 4.14. The van der Waals surface area contributed by atoms with E-state index in [0.717, 1.165) is 16.4 Å². The van der Waals surface area contributed by atoms with Crippen molar-refractivity contribution < 1.29 is 14.3 Å². The lowest BCUT2D eigenvalue weighted by atomic mass is 9.97. The third kappa shape index (κ3) is 3.71. The first-order chi connectivity index (χ1) is 9.61. The molecule has 0 saturated carbocycles. The number of esters is 1. The fourth-order valence-corrected chi connectivity index (χ4v) is 2.75. The van der Waals surface area contributed by atoms with Crippen LogP contribution in [-0.4, -0.2) is 36.5 Å². The molecule has 1 aliphatic rings. The van der Waals surface area contributed by atoms with Crippen LogP contribution < -0.4 is 0 Å². The van der Waals surface area contributed by atoms with E-state index in [-0.39, 0.29) is 17.8 Å². The number of ether oxygens (including phenoxy) is 1. The molecule has 0 radical (unpaired) electrons. The second kappa shape index (κ2) is 7.06. The van der Waals surface area contributed by atoms with E-state index in [9.17, 15) is 9.59 Å². The first-order valence-electron chi connectivity index (χ1n) is 6.83. The molecule has 0 unspecified atom stereocenters. The maximum Gasteiger partial charge on any atom is 0.310 e. The molecule has 1 atom stereocenters. The molecular weight excluding hydrogens is 369 g/mol. The number of amides is 1. The van der Waals surface area contributed by atoms with E-state index in [0.29, 0.717) is 25.3 Å². The first-order valence-corrected chi connectivity index (χ1v) is 7.91. The number of hydrogen-bond donors (Lipinski definition) is 0. The summed E-state index contributed by atoms with van der Waals surface area (Å²) in [5.74, 6) is -0.375. The third-order valence-electron chi connectivity index (χ3n) is 3.42. The summed E-state index contributed by atoms with van der Waals surface area (Å²) in [5, 5.41) is 0. The van der Waals surface area contributed by atoms with Crippen LogP contribution >= 0.6 is 22.6 Å². The molecule has 1 fully saturated rings. The summed E-state index contributed by atoms with van der Waals surface area (Å²) in [6.45, 7) is 3.36. The molecule has 108 valence electrons. The monoisotopic (exact) mass is 387 g/mol. The van der Waals surface area contributed by atoms with Gasteiger partial charge in [-0.1, -0.05) is 0 Å². The Morgan fingerprint density at radius 1 is 1.35 bits per heavy atom. The number of carbonyl (C=O) groups excluding carboxylic acids is 2. The molecule has 1 heterocycles. The lowest BCUT2D eigenvalue weighted by molar-refractivity contribution is -0.149. The zero-order chi connectivity index (χ0) is 14.5. The van der Waals surface area contributed by atoms with Crippen molar-refractivity contribution in [1.82, 2.24) is 4.90 Å². The second-order valence-electron chi connectivity index (χ2n) is 4.85. The molecule has 4 nitrogen and oxygen atoms in total. The van der Waals surface area contributed by atoms with Gasteiger partial charge >= 0.3 is 5.97 Å². The average Bonchev–Trinajstić information content (AvgIpc) is 2.48. The number of benzene rings is 1. The topological polar surface area (TPSA) is 46.6 Å². The van der Waals surface area contributed by atoms with Crippen LogP contribution in [0.25, 0.3) is 0 Å². The number of rotatable bonds is 3. The highest BCUT2D eigenvalue weighted by molar-refractivity contribution is 14.1. The highest BCUT2D eigenvalue weighted by Gasteiger charge is 2.29. The second-order valence-corrected chi connectivity index (χ2v) is 6.09. The van der Waals surface area contributed by atoms with Crippen molar-refractivity contribution in [1.29, 1.82) is 0 Å². The molecule has 0 N–H and O–H groups in total. The Morgan fingerprint density at radius 3 is 2.70 bits per heavy atom. The van der Waals surface area contributed by atoms with E-state index in [1.807, 2.05) is 24.3 Å². The van der Waals surface area contributed by atoms with Crippen molar-refractivity contribution in [3.63, 3.8) is 0 Å². The zero-order valence-electron chi connectivity index (χ0n) is 11.5. The van der Waals surface area contributed by atoms with E-state index < -0.39 is 0 Å². The van der Waals surface area contributed by atoms with Gasteiger partial charge in [0, 0.05) is 22.2 Å². The minimum atomic E-state index is -0.187. The standard InChI is InChI=1S/C15H18INO3/c1-2-20-15(19)12-4-3-9-17(10-12)14(18)11-5-7-13(16)8-6-11/h5-8,12H,2-4,9-10H2,1H3/t12-/m0/s1. The summed E-state index contributed by atoms with van der Waals surface area (Å²) in [6.07, 6.45) is 1.65. The van der Waals surface area contributed by atoms with Crippen molar-refractivity contribution in [2.24, 2.45) is 5.92 Å². The van der Waals surface area contributed by atoms with Crippen LogP contribution in [-0.2, 0) is 9.53 Å². The van der Waals surface area contributed by atoms with Gasteiger partial charge in [0.1, 0.15) is 0 Å². The molecular formula is C15H18INO3. The van der Waals surface area contributed by atoms with Crippen molar-refractivity contribution in [2.75, 3.05) is 19.7 Å². The van der Waals surface area contributed by atoms with Gasteiger partial charge in [-0.15, -0.1) is 0 Å². The Bertz CT molecular complexity index is 486. The number of likely N-dealkylation sites (tertiary alicyclic amines) is 1. The predicted octanol–water partition coefficient (Wildman–Crippen LogP) is 2.71. The van der Waals surface area contributed by atoms with Crippen molar-refractivity contribution in [3.05, 3.63) is 33.4 Å². The maximum absolute atomic E-state index is 12.4. The molecule has 0 spiro atoms. The van der Waals surface area contributed by atoms with Gasteiger partial charge in [0.25, 0.3) is 5.91 Å². The van der Waals surface area contributed by atoms with Crippen LogP contribution in [0.5, 0.6) is 0 Å². The lowest BCUT2D eigenvalue weighted by Crippen LogP contribution is -2.42. The Morgan fingerprint density at radius 2 is 2.05 bits per heavy atom. The van der Waals surface area contributed by atoms with E-state index in [2.05, 4.69) is 22.6 Å². The van der Waals surface area contributed by atoms with Crippen LogP contribution in [0.2, 0.25) is 0 Å². The molecule has 20 heavy (non-hydrogen) atoms. The fraction of sp³-hybridized carbons (Fsp3) is 0.467. The maximum atomic E-state index is 12.4. The Hall–Kier alpha value is -1.11. The van der Waals surface area contributed by atoms with E-state index >= 15 is 0 Å². The van der Waals surface area contributed by atoms with Gasteiger partial charge in [-0.3, -0.25) is 9.59 Å². The quantitative estimate of drug-likeness (QED) is 0.592. The van der Waals surface area contributed by atoms with Crippen LogP contribution in [0, 0.1) is 9.49 Å². The van der Waals surface area contributed by atoms with Crippen LogP contribution in [0.4, 0.5) is 0 Å². The molecule has 0 aromatic heterocycles. The molecule has 2 rings (SSSR count). The van der Waals surface area contributed by atoms with E-state index in [1.54, 1.807) is 11.8 Å². The molecule has 0 aliphatic carbocycles. The van der Waals surface area contributed by atoms with Gasteiger partial charge in [-0.2, -0.15) is 0 Å². The number of piperidine rings is 1. The number of halogens is 1. The minimum Gasteiger partial charge on any atom is -0.466 e. The summed E-state index contributed by atoms with van der Waals surface area (Å²) < 4.78 is 6.15. The summed E-state index contributed by atoms with van der Waals surface area (Å²) >= 11 is 2.21. The highest BCUT2D eigenvalue weighted by atomic mass is 127. The van der Waals surface area contributed by atoms with Crippen LogP contribution in [0.1, 0.15) is 30.1 Å². The molecule has 1 saturated heterocycles. The smallest absolute Gasteiger partial charge is 0.310 e. The first kappa shape index (κ1) is 15.3. The normalized spacial score (nSPS) is 18.7. The largest absolute Gasteiger partial charge is 0.466 e. The van der Waals surface area contributed by atoms with E-state index in [1.165, 1.54) is 0 Å². The number of carbonyl (C=O) groups is 2. The van der Waals surface area contributed by atoms with Gasteiger partial charge in [0.15, 0.2) is 0 Å². The van der Waals surface area contributed by atoms with Crippen molar-refractivity contribution in [3.8, 4) is 0 Å². The van der Waals surface area contributed by atoms with Crippen LogP contribution in [0.3, 0.4) is 0 Å². The van der Waals surface area contributed by atoms with Gasteiger partial charge in [-0.05, 0) is 66.6 Å². The van der Waals surface area contributed by atoms with E-state index in [4.69, 9.17) is 4.74 Å². The zero-order valence-corrected chi connectivity index (χ0v) is 13.6. The summed E-state index contributed by atoms with van der Waals surface area (Å²) in [6, 6.07) is 7.50. The van der Waals surface area contributed by atoms with Crippen LogP contribution in [0.15, 0.2) is 24.3 Å². The number of nitrogens with zero attached hydrogens (tertiary/aromatic N) is 1. The molecule has 0 bridgehead atoms. The summed E-state index contributed by atoms with van der Waals surface area (Å²) in [4.78, 5) is 26.0. The van der Waals surface area contributed by atoms with Gasteiger partial charge in [0.2, 0.25) is 0 Å². The molecule has 5 heteroatoms. The molecule has 1 amide bonds. The average molecular weight is 387 g/mol. The van der Waals surface area contributed by atoms with Crippen molar-refractivity contribution in [2.45, 2.75) is 19.8 Å². The SMILES string of the molecule is CCOC(=O)[C@H]1CCCN(C(=O)c2ccc(I)cc2)C1. The lowest BCUT2D eigenvalue weighted by Gasteiger charge is -2.31. The molecule has 1 aromatic carbocycles. The number of hydrogen-bond acceptors (Lipinski definition) is 3. The molecule has 1 aliphatic heterocycles. The highest BCUT2D eigenvalue weighted by Crippen LogP contribution is 2.20. The Labute approximate surface area is 132 Å². The molecule has 1 aromatic rings. The van der Waals surface area contributed by atoms with Gasteiger partial charge in [-0.25, -0.2) is 0 Å².